The summed E-state index contributed by atoms with van der Waals surface area (Å²) in [5.74, 6) is -0.457. The molecule has 0 bridgehead atoms. The smallest absolute Gasteiger partial charge is 0.324 e. The summed E-state index contributed by atoms with van der Waals surface area (Å²) in [5.41, 5.74) is 0. The van der Waals surface area contributed by atoms with Crippen LogP contribution >= 0.6 is 0 Å². The van der Waals surface area contributed by atoms with E-state index in [2.05, 4.69) is 9.46 Å². The number of esters is 1. The van der Waals surface area contributed by atoms with E-state index in [0.717, 1.165) is 0 Å². The molecule has 0 amide bonds. The van der Waals surface area contributed by atoms with Crippen LogP contribution < -0.4 is 4.72 Å². The van der Waals surface area contributed by atoms with Crippen molar-refractivity contribution < 1.29 is 27.5 Å². The standard InChI is InChI=1S/C9H11NO6S/c11-5-6-1-2-8(16-6)17(13,14)10-7-3-4-15-9(7)12/h1-2,7,10-11H,3-5H2/t7-/m0/s1. The van der Waals surface area contributed by atoms with Crippen molar-refractivity contribution in [3.05, 3.63) is 17.9 Å². The van der Waals surface area contributed by atoms with Crippen molar-refractivity contribution in [3.8, 4) is 0 Å². The zero-order valence-corrected chi connectivity index (χ0v) is 9.57. The minimum atomic E-state index is -3.89. The van der Waals surface area contributed by atoms with E-state index in [4.69, 9.17) is 9.52 Å². The molecule has 1 aromatic heterocycles. The molecular weight excluding hydrogens is 250 g/mol. The Labute approximate surface area is 97.4 Å². The topological polar surface area (TPSA) is 106 Å². The van der Waals surface area contributed by atoms with Crippen LogP contribution in [0.25, 0.3) is 0 Å². The van der Waals surface area contributed by atoms with Crippen LogP contribution in [0.1, 0.15) is 12.2 Å². The molecule has 2 rings (SSSR count). The number of carbonyl (C=O) groups is 1. The maximum absolute atomic E-state index is 11.8. The van der Waals surface area contributed by atoms with Crippen LogP contribution in [0.15, 0.2) is 21.6 Å². The molecule has 1 aliphatic rings. The maximum atomic E-state index is 11.8. The fourth-order valence-electron chi connectivity index (χ4n) is 1.44. The summed E-state index contributed by atoms with van der Waals surface area (Å²) < 4.78 is 35.2. The van der Waals surface area contributed by atoms with Gasteiger partial charge in [0, 0.05) is 6.42 Å². The van der Waals surface area contributed by atoms with Crippen molar-refractivity contribution in [2.24, 2.45) is 0 Å². The summed E-state index contributed by atoms with van der Waals surface area (Å²) in [7, 11) is -3.89. The van der Waals surface area contributed by atoms with Gasteiger partial charge in [-0.2, -0.15) is 4.72 Å². The van der Waals surface area contributed by atoms with Crippen molar-refractivity contribution in [1.29, 1.82) is 0 Å². The van der Waals surface area contributed by atoms with Crippen LogP contribution in [-0.2, 0) is 26.2 Å². The van der Waals surface area contributed by atoms with Crippen molar-refractivity contribution in [2.75, 3.05) is 6.61 Å². The van der Waals surface area contributed by atoms with Gasteiger partial charge in [-0.3, -0.25) is 4.79 Å². The molecule has 1 fully saturated rings. The quantitative estimate of drug-likeness (QED) is 0.699. The van der Waals surface area contributed by atoms with Gasteiger partial charge in [-0.05, 0) is 12.1 Å². The Hall–Kier alpha value is -1.38. The second kappa shape index (κ2) is 4.47. The lowest BCUT2D eigenvalue weighted by molar-refractivity contribution is -0.139. The molecule has 0 unspecified atom stereocenters. The summed E-state index contributed by atoms with van der Waals surface area (Å²) in [6.07, 6.45) is 0.297. The number of aliphatic hydroxyl groups excluding tert-OH is 1. The summed E-state index contributed by atoms with van der Waals surface area (Å²) in [6, 6.07) is 1.69. The van der Waals surface area contributed by atoms with Crippen molar-refractivity contribution in [2.45, 2.75) is 24.2 Å². The summed E-state index contributed by atoms with van der Waals surface area (Å²) in [6.45, 7) is -0.187. The van der Waals surface area contributed by atoms with Crippen LogP contribution in [0, 0.1) is 0 Å². The van der Waals surface area contributed by atoms with Gasteiger partial charge in [0.05, 0.1) is 6.61 Å². The predicted molar refractivity (Wildman–Crippen MR) is 54.3 cm³/mol. The molecule has 2 N–H and O–H groups in total. The Kier molecular flexibility index (Phi) is 3.18. The molecule has 0 saturated carbocycles. The highest BCUT2D eigenvalue weighted by molar-refractivity contribution is 7.89. The molecule has 1 atom stereocenters. The molecule has 7 nitrogen and oxygen atoms in total. The minimum Gasteiger partial charge on any atom is -0.464 e. The average Bonchev–Trinajstić information content (AvgIpc) is 2.88. The van der Waals surface area contributed by atoms with E-state index in [1.807, 2.05) is 0 Å². The Morgan fingerprint density at radius 1 is 1.47 bits per heavy atom. The van der Waals surface area contributed by atoms with Gasteiger partial charge in [-0.1, -0.05) is 0 Å². The van der Waals surface area contributed by atoms with Crippen molar-refractivity contribution >= 4 is 16.0 Å². The fourth-order valence-corrected chi connectivity index (χ4v) is 2.60. The van der Waals surface area contributed by atoms with Crippen LogP contribution in [0.5, 0.6) is 0 Å². The summed E-state index contributed by atoms with van der Waals surface area (Å²) in [4.78, 5) is 11.1. The van der Waals surface area contributed by atoms with Crippen LogP contribution in [0.2, 0.25) is 0 Å². The third kappa shape index (κ3) is 2.48. The largest absolute Gasteiger partial charge is 0.464 e. The second-order valence-corrected chi connectivity index (χ2v) is 5.15. The molecule has 17 heavy (non-hydrogen) atoms. The number of rotatable bonds is 4. The van der Waals surface area contributed by atoms with Gasteiger partial charge in [0.1, 0.15) is 18.4 Å². The minimum absolute atomic E-state index is 0.138. The first-order valence-corrected chi connectivity index (χ1v) is 6.40. The normalized spacial score (nSPS) is 20.5. The SMILES string of the molecule is O=C1OCC[C@@H]1NS(=O)(=O)c1ccc(CO)o1. The van der Waals surface area contributed by atoms with E-state index >= 15 is 0 Å². The number of aliphatic hydroxyl groups is 1. The molecule has 94 valence electrons. The molecule has 0 spiro atoms. The lowest BCUT2D eigenvalue weighted by atomic mass is 10.3. The van der Waals surface area contributed by atoms with E-state index in [1.54, 1.807) is 0 Å². The van der Waals surface area contributed by atoms with E-state index in [9.17, 15) is 13.2 Å². The molecule has 0 aromatic carbocycles. The number of cyclic esters (lactones) is 1. The lowest BCUT2D eigenvalue weighted by Crippen LogP contribution is -2.37. The lowest BCUT2D eigenvalue weighted by Gasteiger charge is -2.07. The van der Waals surface area contributed by atoms with E-state index < -0.39 is 22.0 Å². The number of nitrogens with one attached hydrogen (secondary N) is 1. The average molecular weight is 261 g/mol. The third-order valence-corrected chi connectivity index (χ3v) is 3.63. The first-order chi connectivity index (χ1) is 8.03. The molecule has 1 aromatic rings. The number of hydrogen-bond donors (Lipinski definition) is 2. The molecular formula is C9H11NO6S. The third-order valence-electron chi connectivity index (χ3n) is 2.29. The molecule has 2 heterocycles. The maximum Gasteiger partial charge on any atom is 0.324 e. The molecule has 1 saturated heterocycles. The van der Waals surface area contributed by atoms with Gasteiger partial charge in [-0.25, -0.2) is 8.42 Å². The Bertz CT molecular complexity index is 519. The Morgan fingerprint density at radius 2 is 2.24 bits per heavy atom. The zero-order chi connectivity index (χ0) is 12.5. The number of furan rings is 1. The summed E-state index contributed by atoms with van der Waals surface area (Å²) >= 11 is 0. The summed E-state index contributed by atoms with van der Waals surface area (Å²) in [5, 5.41) is 8.43. The zero-order valence-electron chi connectivity index (χ0n) is 8.75. The van der Waals surface area contributed by atoms with E-state index in [0.29, 0.717) is 6.42 Å². The Balaban J connectivity index is 2.16. The van der Waals surface area contributed by atoms with Gasteiger partial charge >= 0.3 is 5.97 Å². The van der Waals surface area contributed by atoms with Gasteiger partial charge in [0.2, 0.25) is 5.09 Å². The molecule has 0 aliphatic carbocycles. The molecule has 1 aliphatic heterocycles. The van der Waals surface area contributed by atoms with Gasteiger partial charge in [0.25, 0.3) is 10.0 Å². The second-order valence-electron chi connectivity index (χ2n) is 3.51. The fraction of sp³-hybridized carbons (Fsp3) is 0.444. The van der Waals surface area contributed by atoms with Crippen LogP contribution in [0.4, 0.5) is 0 Å². The van der Waals surface area contributed by atoms with Gasteiger partial charge < -0.3 is 14.3 Å². The highest BCUT2D eigenvalue weighted by atomic mass is 32.2. The first kappa shape index (κ1) is 12.1. The van der Waals surface area contributed by atoms with Crippen molar-refractivity contribution in [3.63, 3.8) is 0 Å². The number of sulfonamides is 1. The van der Waals surface area contributed by atoms with E-state index in [1.165, 1.54) is 12.1 Å². The van der Waals surface area contributed by atoms with Crippen LogP contribution in [-0.4, -0.2) is 32.1 Å². The van der Waals surface area contributed by atoms with Gasteiger partial charge in [-0.15, -0.1) is 0 Å². The van der Waals surface area contributed by atoms with Crippen LogP contribution in [0.3, 0.4) is 0 Å². The van der Waals surface area contributed by atoms with Gasteiger partial charge in [0.15, 0.2) is 0 Å². The van der Waals surface area contributed by atoms with E-state index in [-0.39, 0.29) is 24.1 Å². The molecule has 0 radical (unpaired) electrons. The Morgan fingerprint density at radius 3 is 2.76 bits per heavy atom. The van der Waals surface area contributed by atoms with Crippen molar-refractivity contribution in [1.82, 2.24) is 4.72 Å². The first-order valence-electron chi connectivity index (χ1n) is 4.91. The molecule has 8 heteroatoms. The predicted octanol–water partition coefficient (Wildman–Crippen LogP) is -0.634. The monoisotopic (exact) mass is 261 g/mol. The highest BCUT2D eigenvalue weighted by Gasteiger charge is 2.32. The number of ether oxygens (including phenoxy) is 1. The number of hydrogen-bond acceptors (Lipinski definition) is 6. The number of carbonyl (C=O) groups excluding carboxylic acids is 1. The highest BCUT2D eigenvalue weighted by Crippen LogP contribution is 2.16.